The highest BCUT2D eigenvalue weighted by Gasteiger charge is 2.44. The summed E-state index contributed by atoms with van der Waals surface area (Å²) in [5, 5.41) is 3.93. The van der Waals surface area contributed by atoms with E-state index in [0.29, 0.717) is 6.54 Å². The second-order valence-electron chi connectivity index (χ2n) is 6.32. The van der Waals surface area contributed by atoms with E-state index in [1.807, 2.05) is 18.2 Å². The zero-order valence-corrected chi connectivity index (χ0v) is 16.5. The maximum atomic E-state index is 5.83. The van der Waals surface area contributed by atoms with Crippen LogP contribution in [0, 0.1) is 0 Å². The van der Waals surface area contributed by atoms with E-state index >= 15 is 0 Å². The highest BCUT2D eigenvalue weighted by atomic mass is 31.2. The number of hydrogen-bond donors (Lipinski definition) is 3. The van der Waals surface area contributed by atoms with Crippen LogP contribution in [0.5, 0.6) is 0 Å². The van der Waals surface area contributed by atoms with E-state index in [9.17, 15) is 0 Å². The predicted molar refractivity (Wildman–Crippen MR) is 122 cm³/mol. The average Bonchev–Trinajstić information content (AvgIpc) is 2.73. The second kappa shape index (κ2) is 9.16. The Morgan fingerprint density at radius 3 is 1.39 bits per heavy atom. The molecule has 3 aromatic rings. The number of nitrogens with two attached hydrogens (primary N) is 3. The largest absolute Gasteiger partial charge is 0.370 e. The van der Waals surface area contributed by atoms with Crippen LogP contribution in [0.2, 0.25) is 0 Å². The Kier molecular flexibility index (Phi) is 6.41. The van der Waals surface area contributed by atoms with Crippen molar-refractivity contribution in [2.45, 2.75) is 0 Å². The topological polar surface area (TPSA) is 103 Å². The van der Waals surface area contributed by atoms with Crippen LogP contribution in [0.1, 0.15) is 0 Å². The van der Waals surface area contributed by atoms with Gasteiger partial charge in [0.25, 0.3) is 0 Å². The summed E-state index contributed by atoms with van der Waals surface area (Å²) in [5.74, 6) is 0.0174. The Balaban J connectivity index is 2.13. The van der Waals surface area contributed by atoms with Crippen LogP contribution < -0.4 is 33.1 Å². The van der Waals surface area contributed by atoms with Crippen molar-refractivity contribution in [3.05, 3.63) is 91.0 Å². The first-order valence-corrected chi connectivity index (χ1v) is 11.0. The highest BCUT2D eigenvalue weighted by molar-refractivity contribution is 7.95. The minimum atomic E-state index is -1.92. The Morgan fingerprint density at radius 1 is 0.643 bits per heavy atom. The molecule has 0 unspecified atom stereocenters. The van der Waals surface area contributed by atoms with E-state index in [-0.39, 0.29) is 11.9 Å². The van der Waals surface area contributed by atoms with Crippen molar-refractivity contribution >= 4 is 35.1 Å². The standard InChI is InChI=1S/C22H25N5P/c23-21(24)27-22(25)26-16-17-28(18-10-4-1-5-11-18,19-12-6-2-7-13-19)20-14-8-3-9-15-20/h1-15H,16-17H2,(H6,23,24,25,26,27)/q+1. The van der Waals surface area contributed by atoms with Gasteiger partial charge in [-0.15, -0.1) is 0 Å². The van der Waals surface area contributed by atoms with Crippen molar-refractivity contribution in [3.8, 4) is 0 Å². The van der Waals surface area contributed by atoms with Crippen molar-refractivity contribution in [2.24, 2.45) is 27.2 Å². The molecule has 0 aliphatic carbocycles. The fourth-order valence-electron chi connectivity index (χ4n) is 3.36. The third-order valence-corrected chi connectivity index (χ3v) is 8.95. The van der Waals surface area contributed by atoms with Gasteiger partial charge in [-0.25, -0.2) is 4.99 Å². The number of benzene rings is 3. The van der Waals surface area contributed by atoms with Gasteiger partial charge in [0.15, 0.2) is 5.96 Å². The van der Waals surface area contributed by atoms with Crippen LogP contribution >= 0.6 is 7.26 Å². The smallest absolute Gasteiger partial charge is 0.218 e. The summed E-state index contributed by atoms with van der Waals surface area (Å²) in [5.41, 5.74) is 16.6. The summed E-state index contributed by atoms with van der Waals surface area (Å²) in [6.45, 7) is 0.523. The SMILES string of the molecule is NC(N)=NC(N)=NCC[P+](c1ccccc1)(c1ccccc1)c1ccccc1. The molecule has 28 heavy (non-hydrogen) atoms. The average molecular weight is 390 g/mol. The van der Waals surface area contributed by atoms with Gasteiger partial charge in [0.1, 0.15) is 23.2 Å². The second-order valence-corrected chi connectivity index (χ2v) is 9.93. The van der Waals surface area contributed by atoms with Crippen molar-refractivity contribution in [1.82, 2.24) is 0 Å². The van der Waals surface area contributed by atoms with E-state index in [0.717, 1.165) is 6.16 Å². The molecule has 0 aliphatic heterocycles. The first-order valence-electron chi connectivity index (χ1n) is 9.07. The predicted octanol–water partition coefficient (Wildman–Crippen LogP) is 1.57. The van der Waals surface area contributed by atoms with E-state index in [1.54, 1.807) is 0 Å². The van der Waals surface area contributed by atoms with Crippen molar-refractivity contribution in [1.29, 1.82) is 0 Å². The molecule has 0 atom stereocenters. The maximum Gasteiger partial charge on any atom is 0.218 e. The van der Waals surface area contributed by atoms with Gasteiger partial charge >= 0.3 is 0 Å². The van der Waals surface area contributed by atoms with E-state index < -0.39 is 7.26 Å². The van der Waals surface area contributed by atoms with Gasteiger partial charge in [-0.3, -0.25) is 0 Å². The summed E-state index contributed by atoms with van der Waals surface area (Å²) in [4.78, 5) is 8.23. The summed E-state index contributed by atoms with van der Waals surface area (Å²) in [6, 6.07) is 31.9. The number of nitrogens with zero attached hydrogens (tertiary/aromatic N) is 2. The van der Waals surface area contributed by atoms with Crippen LogP contribution in [-0.4, -0.2) is 24.6 Å². The van der Waals surface area contributed by atoms with Crippen LogP contribution in [0.3, 0.4) is 0 Å². The van der Waals surface area contributed by atoms with Crippen LogP contribution in [-0.2, 0) is 0 Å². The minimum absolute atomic E-state index is 0.0866. The molecule has 0 amide bonds. The van der Waals surface area contributed by atoms with Crippen molar-refractivity contribution < 1.29 is 0 Å². The summed E-state index contributed by atoms with van der Waals surface area (Å²) < 4.78 is 0. The molecule has 0 heterocycles. The quantitative estimate of drug-likeness (QED) is 0.338. The molecule has 0 radical (unpaired) electrons. The molecule has 0 spiro atoms. The van der Waals surface area contributed by atoms with Gasteiger partial charge in [-0.05, 0) is 36.4 Å². The Hall–Kier alpha value is -3.17. The molecule has 0 saturated carbocycles. The highest BCUT2D eigenvalue weighted by Crippen LogP contribution is 2.54. The van der Waals surface area contributed by atoms with Crippen molar-refractivity contribution in [2.75, 3.05) is 12.7 Å². The van der Waals surface area contributed by atoms with E-state index in [2.05, 4.69) is 82.8 Å². The van der Waals surface area contributed by atoms with Gasteiger partial charge in [-0.2, -0.15) is 4.99 Å². The van der Waals surface area contributed by atoms with Crippen LogP contribution in [0.4, 0.5) is 0 Å². The normalized spacial score (nSPS) is 11.8. The first-order chi connectivity index (χ1) is 13.6. The molecule has 0 bridgehead atoms. The van der Waals surface area contributed by atoms with Crippen molar-refractivity contribution in [3.63, 3.8) is 0 Å². The molecule has 6 N–H and O–H groups in total. The zero-order valence-electron chi connectivity index (χ0n) is 15.6. The molecule has 5 nitrogen and oxygen atoms in total. The maximum absolute atomic E-state index is 5.83. The third-order valence-electron chi connectivity index (χ3n) is 4.54. The number of aliphatic imine (C=N–C) groups is 2. The lowest BCUT2D eigenvalue weighted by Crippen LogP contribution is -2.34. The van der Waals surface area contributed by atoms with Crippen LogP contribution in [0.25, 0.3) is 0 Å². The monoisotopic (exact) mass is 390 g/mol. The molecular weight excluding hydrogens is 365 g/mol. The fraction of sp³-hybridized carbons (Fsp3) is 0.0909. The lowest BCUT2D eigenvalue weighted by molar-refractivity contribution is 1.12. The number of hydrogen-bond acceptors (Lipinski definition) is 1. The summed E-state index contributed by atoms with van der Waals surface area (Å²) in [7, 11) is -1.92. The molecule has 3 rings (SSSR count). The van der Waals surface area contributed by atoms with Gasteiger partial charge in [-0.1, -0.05) is 54.6 Å². The summed E-state index contributed by atoms with van der Waals surface area (Å²) in [6.07, 6.45) is 0.825. The zero-order chi connectivity index (χ0) is 19.8. The molecule has 0 fully saturated rings. The van der Waals surface area contributed by atoms with E-state index in [1.165, 1.54) is 15.9 Å². The first kappa shape index (κ1) is 19.6. The van der Waals surface area contributed by atoms with Gasteiger partial charge < -0.3 is 17.2 Å². The van der Waals surface area contributed by atoms with Gasteiger partial charge in [0.2, 0.25) is 5.96 Å². The van der Waals surface area contributed by atoms with Gasteiger partial charge in [0, 0.05) is 0 Å². The molecule has 6 heteroatoms. The number of rotatable bonds is 6. The molecule has 0 aliphatic rings. The minimum Gasteiger partial charge on any atom is -0.370 e. The lowest BCUT2D eigenvalue weighted by atomic mass is 10.4. The van der Waals surface area contributed by atoms with Gasteiger partial charge in [0.05, 0.1) is 12.7 Å². The van der Waals surface area contributed by atoms with E-state index in [4.69, 9.17) is 17.2 Å². The summed E-state index contributed by atoms with van der Waals surface area (Å²) >= 11 is 0. The third kappa shape index (κ3) is 4.38. The molecule has 3 aromatic carbocycles. The molecule has 142 valence electrons. The Labute approximate surface area is 166 Å². The fourth-order valence-corrected chi connectivity index (χ4v) is 7.48. The Bertz CT molecular complexity index is 840. The molecule has 0 saturated heterocycles. The molecular formula is C22H25N5P+. The van der Waals surface area contributed by atoms with Crippen LogP contribution in [0.15, 0.2) is 101 Å². The number of guanidine groups is 2. The molecule has 0 aromatic heterocycles. The Morgan fingerprint density at radius 2 is 1.04 bits per heavy atom. The lowest BCUT2D eigenvalue weighted by Gasteiger charge is -2.27.